The lowest BCUT2D eigenvalue weighted by Crippen LogP contribution is -2.40. The maximum atomic E-state index is 10.7. The lowest BCUT2D eigenvalue weighted by atomic mass is 10.0. The fourth-order valence-corrected chi connectivity index (χ4v) is 5.00. The lowest BCUT2D eigenvalue weighted by molar-refractivity contribution is 0.00957. The van der Waals surface area contributed by atoms with Crippen LogP contribution in [0, 0.1) is 12.3 Å². The topological polar surface area (TPSA) is 71.2 Å². The van der Waals surface area contributed by atoms with Crippen molar-refractivity contribution >= 4 is 5.88 Å². The highest BCUT2D eigenvalue weighted by atomic mass is 16.5. The van der Waals surface area contributed by atoms with Gasteiger partial charge < -0.3 is 24.0 Å². The number of hydrogen-bond acceptors (Lipinski definition) is 7. The van der Waals surface area contributed by atoms with Gasteiger partial charge in [0, 0.05) is 44.4 Å². The van der Waals surface area contributed by atoms with E-state index in [9.17, 15) is 5.11 Å². The predicted molar refractivity (Wildman–Crippen MR) is 133 cm³/mol. The van der Waals surface area contributed by atoms with Gasteiger partial charge in [0.2, 0.25) is 5.88 Å². The third-order valence-electron chi connectivity index (χ3n) is 6.71. The van der Waals surface area contributed by atoms with Gasteiger partial charge in [-0.3, -0.25) is 4.90 Å². The van der Waals surface area contributed by atoms with E-state index >= 15 is 0 Å². The van der Waals surface area contributed by atoms with E-state index in [1.807, 2.05) is 18.2 Å². The third kappa shape index (κ3) is 6.39. The van der Waals surface area contributed by atoms with E-state index in [0.717, 1.165) is 68.1 Å². The van der Waals surface area contributed by atoms with Crippen molar-refractivity contribution in [1.82, 2.24) is 10.1 Å². The van der Waals surface area contributed by atoms with Crippen LogP contribution in [0.15, 0.2) is 34.9 Å². The second-order valence-corrected chi connectivity index (χ2v) is 9.42. The summed E-state index contributed by atoms with van der Waals surface area (Å²) in [6.45, 7) is 6.22. The molecule has 0 saturated carbocycles. The fourth-order valence-electron chi connectivity index (χ4n) is 5.00. The number of aliphatic hydroxyl groups excluding tert-OH is 1. The van der Waals surface area contributed by atoms with Gasteiger partial charge in [-0.1, -0.05) is 41.4 Å². The summed E-state index contributed by atoms with van der Waals surface area (Å²) in [7, 11) is 0. The SMILES string of the molecule is C#CCOC[C@H](O)CN(Cc1c(-c2ccccc2)noc1N1CCCC[C@@H]1C)C[C@@H]1CCCO1. The monoisotopic (exact) mass is 467 g/mol. The minimum atomic E-state index is -0.646. The highest BCUT2D eigenvalue weighted by molar-refractivity contribution is 5.68. The van der Waals surface area contributed by atoms with Crippen LogP contribution in [0.1, 0.15) is 44.6 Å². The highest BCUT2D eigenvalue weighted by Crippen LogP contribution is 2.35. The van der Waals surface area contributed by atoms with Crippen molar-refractivity contribution < 1.29 is 19.1 Å². The molecule has 3 atom stereocenters. The molecule has 184 valence electrons. The number of benzene rings is 1. The van der Waals surface area contributed by atoms with Crippen LogP contribution >= 0.6 is 0 Å². The van der Waals surface area contributed by atoms with Gasteiger partial charge >= 0.3 is 0 Å². The average molecular weight is 468 g/mol. The summed E-state index contributed by atoms with van der Waals surface area (Å²) in [6.07, 6.45) is 10.4. The van der Waals surface area contributed by atoms with E-state index in [-0.39, 0.29) is 19.3 Å². The van der Waals surface area contributed by atoms with Crippen molar-refractivity contribution in [3.05, 3.63) is 35.9 Å². The second kappa shape index (κ2) is 12.4. The van der Waals surface area contributed by atoms with Gasteiger partial charge in [-0.25, -0.2) is 0 Å². The molecule has 2 fully saturated rings. The number of nitrogens with zero attached hydrogens (tertiary/aromatic N) is 3. The summed E-state index contributed by atoms with van der Waals surface area (Å²) >= 11 is 0. The van der Waals surface area contributed by atoms with E-state index in [1.165, 1.54) is 6.42 Å². The zero-order valence-electron chi connectivity index (χ0n) is 20.2. The molecule has 3 heterocycles. The maximum absolute atomic E-state index is 10.7. The van der Waals surface area contributed by atoms with E-state index in [4.69, 9.17) is 20.4 Å². The molecular formula is C27H37N3O4. The van der Waals surface area contributed by atoms with Crippen molar-refractivity contribution in [2.45, 2.75) is 63.8 Å². The van der Waals surface area contributed by atoms with Gasteiger partial charge in [-0.2, -0.15) is 0 Å². The average Bonchev–Trinajstić information content (AvgIpc) is 3.50. The Bertz CT molecular complexity index is 920. The van der Waals surface area contributed by atoms with Gasteiger partial charge in [0.15, 0.2) is 0 Å². The van der Waals surface area contributed by atoms with Gasteiger partial charge in [0.05, 0.1) is 24.4 Å². The molecule has 2 aliphatic heterocycles. The fraction of sp³-hybridized carbons (Fsp3) is 0.593. The quantitative estimate of drug-likeness (QED) is 0.399. The van der Waals surface area contributed by atoms with Crippen LogP contribution in [0.4, 0.5) is 5.88 Å². The Morgan fingerprint density at radius 3 is 2.85 bits per heavy atom. The van der Waals surface area contributed by atoms with Crippen LogP contribution in [0.25, 0.3) is 11.3 Å². The van der Waals surface area contributed by atoms with Crippen molar-refractivity contribution in [2.75, 3.05) is 44.4 Å². The molecule has 1 aromatic heterocycles. The summed E-state index contributed by atoms with van der Waals surface area (Å²) in [5, 5.41) is 15.2. The van der Waals surface area contributed by atoms with Crippen LogP contribution in [-0.4, -0.2) is 72.9 Å². The summed E-state index contributed by atoms with van der Waals surface area (Å²) in [4.78, 5) is 4.60. The number of anilines is 1. The first-order valence-electron chi connectivity index (χ1n) is 12.5. The molecule has 0 radical (unpaired) electrons. The summed E-state index contributed by atoms with van der Waals surface area (Å²) in [6, 6.07) is 10.6. The summed E-state index contributed by atoms with van der Waals surface area (Å²) in [5.74, 6) is 3.30. The van der Waals surface area contributed by atoms with Gasteiger partial charge in [-0.15, -0.1) is 6.42 Å². The second-order valence-electron chi connectivity index (χ2n) is 9.42. The molecule has 1 N–H and O–H groups in total. The van der Waals surface area contributed by atoms with Crippen molar-refractivity contribution in [1.29, 1.82) is 0 Å². The normalized spacial score (nSPS) is 21.6. The number of ether oxygens (including phenoxy) is 2. The minimum Gasteiger partial charge on any atom is -0.389 e. The highest BCUT2D eigenvalue weighted by Gasteiger charge is 2.30. The lowest BCUT2D eigenvalue weighted by Gasteiger charge is -2.34. The van der Waals surface area contributed by atoms with E-state index < -0.39 is 6.10 Å². The molecular weight excluding hydrogens is 430 g/mol. The molecule has 0 spiro atoms. The van der Waals surface area contributed by atoms with Crippen LogP contribution in [0.2, 0.25) is 0 Å². The standard InChI is InChI=1S/C27H37N3O4/c1-3-15-32-20-23(31)17-29(18-24-13-9-16-33-24)19-25-26(22-11-5-4-6-12-22)28-34-27(25)30-14-8-7-10-21(30)2/h1,4-6,11-12,21,23-24,31H,7-10,13-20H2,2H3/t21-,23+,24-/m0/s1. The molecule has 0 unspecified atom stereocenters. The van der Waals surface area contributed by atoms with Crippen molar-refractivity contribution in [3.63, 3.8) is 0 Å². The number of piperidine rings is 1. The molecule has 1 aromatic carbocycles. The van der Waals surface area contributed by atoms with Crippen molar-refractivity contribution in [3.8, 4) is 23.6 Å². The Balaban J connectivity index is 1.61. The number of aromatic nitrogens is 1. The molecule has 2 saturated heterocycles. The first kappa shape index (κ1) is 24.7. The largest absolute Gasteiger partial charge is 0.389 e. The van der Waals surface area contributed by atoms with Gasteiger partial charge in [0.25, 0.3) is 0 Å². The number of hydrogen-bond donors (Lipinski definition) is 1. The van der Waals surface area contributed by atoms with Gasteiger partial charge in [0.1, 0.15) is 12.3 Å². The number of aliphatic hydroxyl groups is 1. The van der Waals surface area contributed by atoms with Crippen LogP contribution < -0.4 is 4.90 Å². The van der Waals surface area contributed by atoms with Crippen LogP contribution in [0.5, 0.6) is 0 Å². The van der Waals surface area contributed by atoms with Gasteiger partial charge in [-0.05, 0) is 39.0 Å². The number of rotatable bonds is 11. The van der Waals surface area contributed by atoms with Crippen molar-refractivity contribution in [2.24, 2.45) is 0 Å². The van der Waals surface area contributed by atoms with E-state index in [2.05, 4.69) is 39.9 Å². The van der Waals surface area contributed by atoms with E-state index in [0.29, 0.717) is 19.1 Å². The molecule has 4 rings (SSSR count). The molecule has 34 heavy (non-hydrogen) atoms. The zero-order valence-corrected chi connectivity index (χ0v) is 20.2. The molecule has 0 aliphatic carbocycles. The molecule has 7 heteroatoms. The summed E-state index contributed by atoms with van der Waals surface area (Å²) < 4.78 is 17.3. The Hall–Kier alpha value is -2.37. The maximum Gasteiger partial charge on any atom is 0.232 e. The Kier molecular flexibility index (Phi) is 9.00. The third-order valence-corrected chi connectivity index (χ3v) is 6.71. The van der Waals surface area contributed by atoms with Crippen LogP contribution in [0.3, 0.4) is 0 Å². The molecule has 2 aromatic rings. The Labute approximate surface area is 203 Å². The van der Waals surface area contributed by atoms with Crippen LogP contribution in [-0.2, 0) is 16.0 Å². The van der Waals surface area contributed by atoms with E-state index in [1.54, 1.807) is 0 Å². The smallest absolute Gasteiger partial charge is 0.232 e. The first-order valence-corrected chi connectivity index (χ1v) is 12.5. The zero-order chi connectivity index (χ0) is 23.8. The molecule has 0 bridgehead atoms. The molecule has 2 aliphatic rings. The number of terminal acetylenes is 1. The molecule has 0 amide bonds. The summed E-state index contributed by atoms with van der Waals surface area (Å²) in [5.41, 5.74) is 2.96. The Morgan fingerprint density at radius 1 is 1.26 bits per heavy atom. The minimum absolute atomic E-state index is 0.163. The molecule has 7 nitrogen and oxygen atoms in total. The predicted octanol–water partition coefficient (Wildman–Crippen LogP) is 3.71. The Morgan fingerprint density at radius 2 is 2.12 bits per heavy atom. The first-order chi connectivity index (χ1) is 16.7.